The molecule has 5 nitrogen and oxygen atoms in total. The van der Waals surface area contributed by atoms with E-state index in [0.717, 1.165) is 6.07 Å². The van der Waals surface area contributed by atoms with E-state index in [0.29, 0.717) is 12.1 Å². The normalized spacial score (nSPS) is 14.2. The van der Waals surface area contributed by atoms with Crippen molar-refractivity contribution in [2.75, 3.05) is 17.7 Å². The van der Waals surface area contributed by atoms with Crippen molar-refractivity contribution in [3.63, 3.8) is 0 Å². The third-order valence-corrected chi connectivity index (χ3v) is 5.48. The smallest absolute Gasteiger partial charge is 0.211 e. The molecule has 0 spiro atoms. The molecule has 0 saturated carbocycles. The van der Waals surface area contributed by atoms with Crippen molar-refractivity contribution >= 4 is 28.7 Å². The summed E-state index contributed by atoms with van der Waals surface area (Å²) in [4.78, 5) is 10.4. The van der Waals surface area contributed by atoms with Gasteiger partial charge in [0.2, 0.25) is 6.41 Å². The van der Waals surface area contributed by atoms with Crippen LogP contribution in [0.5, 0.6) is 0 Å². The average molecular weight is 331 g/mol. The van der Waals surface area contributed by atoms with Gasteiger partial charge in [0, 0.05) is 28.2 Å². The second-order valence-corrected chi connectivity index (χ2v) is 7.33. The first-order valence-corrected chi connectivity index (χ1v) is 7.84. The fourth-order valence-corrected chi connectivity index (χ4v) is 3.04. The predicted molar refractivity (Wildman–Crippen MR) is 83.8 cm³/mol. The van der Waals surface area contributed by atoms with Crippen LogP contribution in [0, 0.1) is 11.2 Å². The first kappa shape index (κ1) is 18.2. The maximum atomic E-state index is 13.9. The standard InChI is InChI=1S/C14H19F2N3O2S/c1-14(2,13(17)18)22(21)7-9(6-15)11-5-10(19-8-20)3-4-12(11)16/h3-5,8-9H,6-7H2,1-2H3,(H3,17,18)(H,19,20). The van der Waals surface area contributed by atoms with Crippen molar-refractivity contribution in [1.82, 2.24) is 0 Å². The molecule has 0 aliphatic rings. The third-order valence-electron chi connectivity index (χ3n) is 3.42. The van der Waals surface area contributed by atoms with Crippen LogP contribution in [0.1, 0.15) is 25.3 Å². The Morgan fingerprint density at radius 3 is 2.68 bits per heavy atom. The van der Waals surface area contributed by atoms with Gasteiger partial charge < -0.3 is 11.1 Å². The molecule has 0 bridgehead atoms. The molecule has 1 rings (SSSR count). The van der Waals surface area contributed by atoms with E-state index in [-0.39, 0.29) is 17.2 Å². The monoisotopic (exact) mass is 331 g/mol. The molecule has 122 valence electrons. The summed E-state index contributed by atoms with van der Waals surface area (Å²) < 4.78 is 38.4. The second kappa shape index (κ2) is 7.44. The van der Waals surface area contributed by atoms with Crippen LogP contribution < -0.4 is 11.1 Å². The molecule has 1 amide bonds. The number of rotatable bonds is 8. The number of amides is 1. The lowest BCUT2D eigenvalue weighted by molar-refractivity contribution is -0.105. The minimum absolute atomic E-state index is 0.0297. The lowest BCUT2D eigenvalue weighted by atomic mass is 10.0. The number of alkyl halides is 1. The highest BCUT2D eigenvalue weighted by Crippen LogP contribution is 2.27. The number of carbonyl (C=O) groups excluding carboxylic acids is 1. The van der Waals surface area contributed by atoms with E-state index in [1.165, 1.54) is 26.0 Å². The molecular formula is C14H19F2N3O2S. The highest BCUT2D eigenvalue weighted by Gasteiger charge is 2.32. The van der Waals surface area contributed by atoms with Gasteiger partial charge in [-0.25, -0.2) is 4.39 Å². The highest BCUT2D eigenvalue weighted by molar-refractivity contribution is 7.87. The van der Waals surface area contributed by atoms with Crippen molar-refractivity contribution in [2.45, 2.75) is 24.5 Å². The summed E-state index contributed by atoms with van der Waals surface area (Å²) in [5.74, 6) is -2.05. The van der Waals surface area contributed by atoms with Gasteiger partial charge in [0.05, 0.1) is 11.4 Å². The molecular weight excluding hydrogens is 312 g/mol. The topological polar surface area (TPSA) is 96.0 Å². The lowest BCUT2D eigenvalue weighted by Gasteiger charge is -2.25. The number of hydrogen-bond donors (Lipinski definition) is 3. The quantitative estimate of drug-likeness (QED) is 0.386. The Labute approximate surface area is 130 Å². The molecule has 2 unspecified atom stereocenters. The number of nitrogens with one attached hydrogen (secondary N) is 2. The van der Waals surface area contributed by atoms with Crippen molar-refractivity contribution in [2.24, 2.45) is 5.73 Å². The molecule has 2 atom stereocenters. The van der Waals surface area contributed by atoms with Crippen LogP contribution in [0.25, 0.3) is 0 Å². The van der Waals surface area contributed by atoms with Gasteiger partial charge in [-0.05, 0) is 37.6 Å². The van der Waals surface area contributed by atoms with E-state index in [2.05, 4.69) is 5.32 Å². The summed E-state index contributed by atoms with van der Waals surface area (Å²) in [7, 11) is -1.66. The Morgan fingerprint density at radius 2 is 2.18 bits per heavy atom. The van der Waals surface area contributed by atoms with E-state index in [1.54, 1.807) is 0 Å². The Balaban J connectivity index is 3.06. The predicted octanol–water partition coefficient (Wildman–Crippen LogP) is 1.91. The third kappa shape index (κ3) is 4.09. The Morgan fingerprint density at radius 1 is 1.55 bits per heavy atom. The van der Waals surface area contributed by atoms with Crippen LogP contribution in [-0.4, -0.2) is 33.6 Å². The zero-order chi connectivity index (χ0) is 16.9. The number of hydrogen-bond acceptors (Lipinski definition) is 3. The van der Waals surface area contributed by atoms with Crippen molar-refractivity contribution in [3.8, 4) is 0 Å². The second-order valence-electron chi connectivity index (χ2n) is 5.29. The van der Waals surface area contributed by atoms with Gasteiger partial charge in [0.1, 0.15) is 11.7 Å². The zero-order valence-corrected chi connectivity index (χ0v) is 13.2. The maximum absolute atomic E-state index is 13.9. The molecule has 1 aromatic carbocycles. The van der Waals surface area contributed by atoms with Gasteiger partial charge in [-0.2, -0.15) is 0 Å². The minimum Gasteiger partial charge on any atom is -0.386 e. The van der Waals surface area contributed by atoms with Crippen molar-refractivity contribution in [3.05, 3.63) is 29.6 Å². The van der Waals surface area contributed by atoms with E-state index >= 15 is 0 Å². The molecule has 0 aliphatic heterocycles. The average Bonchev–Trinajstić information content (AvgIpc) is 2.46. The summed E-state index contributed by atoms with van der Waals surface area (Å²) in [5, 5.41) is 9.79. The fourth-order valence-electron chi connectivity index (χ4n) is 1.75. The van der Waals surface area contributed by atoms with Gasteiger partial charge in [0.25, 0.3) is 0 Å². The van der Waals surface area contributed by atoms with Gasteiger partial charge in [0.15, 0.2) is 0 Å². The zero-order valence-electron chi connectivity index (χ0n) is 12.4. The fraction of sp³-hybridized carbons (Fsp3) is 0.429. The molecule has 0 fully saturated rings. The first-order chi connectivity index (χ1) is 10.2. The number of carbonyl (C=O) groups is 1. The highest BCUT2D eigenvalue weighted by atomic mass is 32.2. The molecule has 1 aromatic rings. The Kier molecular flexibility index (Phi) is 6.16. The molecule has 22 heavy (non-hydrogen) atoms. The summed E-state index contributed by atoms with van der Waals surface area (Å²) in [6.07, 6.45) is 0.429. The molecule has 0 aliphatic carbocycles. The molecule has 0 radical (unpaired) electrons. The lowest BCUT2D eigenvalue weighted by Crippen LogP contribution is -2.43. The number of anilines is 1. The summed E-state index contributed by atoms with van der Waals surface area (Å²) >= 11 is 0. The Bertz CT molecular complexity index is 593. The maximum Gasteiger partial charge on any atom is 0.211 e. The van der Waals surface area contributed by atoms with Crippen LogP contribution in [-0.2, 0) is 15.6 Å². The summed E-state index contributed by atoms with van der Waals surface area (Å²) in [6, 6.07) is 3.77. The van der Waals surface area contributed by atoms with Gasteiger partial charge in [-0.1, -0.05) is 0 Å². The van der Waals surface area contributed by atoms with Gasteiger partial charge >= 0.3 is 0 Å². The van der Waals surface area contributed by atoms with Crippen LogP contribution >= 0.6 is 0 Å². The molecule has 8 heteroatoms. The minimum atomic E-state index is -1.66. The van der Waals surface area contributed by atoms with E-state index in [1.807, 2.05) is 0 Å². The molecule has 0 aromatic heterocycles. The van der Waals surface area contributed by atoms with E-state index in [9.17, 15) is 17.8 Å². The van der Waals surface area contributed by atoms with Crippen LogP contribution in [0.15, 0.2) is 18.2 Å². The number of nitrogens with two attached hydrogens (primary N) is 1. The van der Waals surface area contributed by atoms with Crippen LogP contribution in [0.2, 0.25) is 0 Å². The van der Waals surface area contributed by atoms with Gasteiger partial charge in [-0.15, -0.1) is 0 Å². The number of benzene rings is 1. The molecule has 0 heterocycles. The van der Waals surface area contributed by atoms with Crippen LogP contribution in [0.3, 0.4) is 0 Å². The largest absolute Gasteiger partial charge is 0.386 e. The summed E-state index contributed by atoms with van der Waals surface area (Å²) in [6.45, 7) is 2.12. The van der Waals surface area contributed by atoms with Crippen molar-refractivity contribution in [1.29, 1.82) is 5.41 Å². The number of amidine groups is 1. The van der Waals surface area contributed by atoms with Crippen molar-refractivity contribution < 1.29 is 17.8 Å². The van der Waals surface area contributed by atoms with E-state index in [4.69, 9.17) is 11.1 Å². The number of halogens is 2. The first-order valence-electron chi connectivity index (χ1n) is 6.52. The Hall–Kier alpha value is -1.83. The molecule has 4 N–H and O–H groups in total. The van der Waals surface area contributed by atoms with E-state index < -0.39 is 34.0 Å². The molecule has 0 saturated heterocycles. The van der Waals surface area contributed by atoms with Crippen LogP contribution in [0.4, 0.5) is 14.5 Å². The SMILES string of the molecule is CC(C)(C(=N)N)S(=O)CC(CF)c1cc(NC=O)ccc1F. The summed E-state index contributed by atoms with van der Waals surface area (Å²) in [5.41, 5.74) is 5.74. The van der Waals surface area contributed by atoms with Gasteiger partial charge in [-0.3, -0.25) is 18.8 Å².